The van der Waals surface area contributed by atoms with Crippen LogP contribution in [-0.2, 0) is 4.79 Å². The maximum atomic E-state index is 11.7. The van der Waals surface area contributed by atoms with Crippen molar-refractivity contribution < 1.29 is 4.79 Å². The molecule has 88 valence electrons. The highest BCUT2D eigenvalue weighted by molar-refractivity contribution is 5.76. The Morgan fingerprint density at radius 1 is 1.27 bits per heavy atom. The molecule has 1 heterocycles. The van der Waals surface area contributed by atoms with E-state index < -0.39 is 0 Å². The van der Waals surface area contributed by atoms with Crippen LogP contribution in [0.25, 0.3) is 0 Å². The molecule has 0 N–H and O–H groups in total. The summed E-state index contributed by atoms with van der Waals surface area (Å²) in [7, 11) is 0. The lowest BCUT2D eigenvalue weighted by atomic mass is 9.89. The number of carbonyl (C=O) groups is 1. The fourth-order valence-electron chi connectivity index (χ4n) is 2.47. The molecule has 0 aromatic heterocycles. The molecule has 0 bridgehead atoms. The number of likely N-dealkylation sites (tertiary alicyclic amines) is 1. The first-order chi connectivity index (χ1) is 6.99. The number of hydrogen-bond donors (Lipinski definition) is 0. The Bertz CT molecular complexity index is 211. The van der Waals surface area contributed by atoms with Gasteiger partial charge in [0.15, 0.2) is 0 Å². The zero-order valence-corrected chi connectivity index (χ0v) is 10.6. The van der Waals surface area contributed by atoms with E-state index in [2.05, 4.69) is 32.6 Å². The van der Waals surface area contributed by atoms with E-state index in [1.165, 1.54) is 6.42 Å². The maximum absolute atomic E-state index is 11.7. The molecule has 0 saturated carbocycles. The molecular weight excluding hydrogens is 186 g/mol. The van der Waals surface area contributed by atoms with Gasteiger partial charge >= 0.3 is 0 Å². The standard InChI is InChI=1S/C13H25NO/c1-10(2)7-12-5-6-13(15)14(9-12)8-11(3)4/h10-12H,5-9H2,1-4H3. The minimum Gasteiger partial charge on any atom is -0.342 e. The molecule has 0 spiro atoms. The van der Waals surface area contributed by atoms with Crippen LogP contribution in [0, 0.1) is 17.8 Å². The van der Waals surface area contributed by atoms with Crippen molar-refractivity contribution in [1.29, 1.82) is 0 Å². The molecule has 15 heavy (non-hydrogen) atoms. The summed E-state index contributed by atoms with van der Waals surface area (Å²) >= 11 is 0. The Balaban J connectivity index is 2.44. The first-order valence-electron chi connectivity index (χ1n) is 6.26. The lowest BCUT2D eigenvalue weighted by molar-refractivity contribution is -0.135. The number of nitrogens with zero attached hydrogens (tertiary/aromatic N) is 1. The highest BCUT2D eigenvalue weighted by Crippen LogP contribution is 2.24. The molecule has 2 nitrogen and oxygen atoms in total. The second-order valence-corrected chi connectivity index (χ2v) is 5.73. The molecule has 0 aliphatic carbocycles. The molecular formula is C13H25NO. The lowest BCUT2D eigenvalue weighted by Crippen LogP contribution is -2.42. The van der Waals surface area contributed by atoms with E-state index in [1.807, 2.05) is 0 Å². The fourth-order valence-corrected chi connectivity index (χ4v) is 2.47. The van der Waals surface area contributed by atoms with Gasteiger partial charge < -0.3 is 4.90 Å². The van der Waals surface area contributed by atoms with E-state index in [4.69, 9.17) is 0 Å². The maximum Gasteiger partial charge on any atom is 0.222 e. The Morgan fingerprint density at radius 2 is 1.93 bits per heavy atom. The molecule has 1 unspecified atom stereocenters. The van der Waals surface area contributed by atoms with Gasteiger partial charge in [-0.05, 0) is 30.6 Å². The van der Waals surface area contributed by atoms with Crippen molar-refractivity contribution in [2.45, 2.75) is 47.0 Å². The van der Waals surface area contributed by atoms with Gasteiger partial charge in [0.25, 0.3) is 0 Å². The Hall–Kier alpha value is -0.530. The summed E-state index contributed by atoms with van der Waals surface area (Å²) in [5.41, 5.74) is 0. The predicted molar refractivity (Wildman–Crippen MR) is 63.6 cm³/mol. The van der Waals surface area contributed by atoms with Crippen LogP contribution in [0.15, 0.2) is 0 Å². The van der Waals surface area contributed by atoms with Crippen LogP contribution in [0.1, 0.15) is 47.0 Å². The predicted octanol–water partition coefficient (Wildman–Crippen LogP) is 2.93. The third kappa shape index (κ3) is 4.23. The molecule has 1 saturated heterocycles. The third-order valence-electron chi connectivity index (χ3n) is 2.99. The summed E-state index contributed by atoms with van der Waals surface area (Å²) in [6.07, 6.45) is 3.14. The molecule has 1 rings (SSSR count). The van der Waals surface area contributed by atoms with Gasteiger partial charge in [0, 0.05) is 19.5 Å². The normalized spacial score (nSPS) is 22.9. The fraction of sp³-hybridized carbons (Fsp3) is 0.923. The van der Waals surface area contributed by atoms with E-state index in [0.717, 1.165) is 37.8 Å². The molecule has 1 atom stereocenters. The minimum atomic E-state index is 0.365. The Kier molecular flexibility index (Phi) is 4.62. The average molecular weight is 211 g/mol. The number of piperidine rings is 1. The van der Waals surface area contributed by atoms with Crippen molar-refractivity contribution in [3.63, 3.8) is 0 Å². The molecule has 1 amide bonds. The van der Waals surface area contributed by atoms with Gasteiger partial charge in [0.1, 0.15) is 0 Å². The average Bonchev–Trinajstić information content (AvgIpc) is 2.09. The van der Waals surface area contributed by atoms with Gasteiger partial charge in [-0.2, -0.15) is 0 Å². The Labute approximate surface area is 94.0 Å². The lowest BCUT2D eigenvalue weighted by Gasteiger charge is -2.34. The summed E-state index contributed by atoms with van der Waals surface area (Å²) in [6, 6.07) is 0. The second kappa shape index (κ2) is 5.53. The largest absolute Gasteiger partial charge is 0.342 e. The molecule has 1 fully saturated rings. The first kappa shape index (κ1) is 12.5. The van der Waals surface area contributed by atoms with Crippen molar-refractivity contribution in [1.82, 2.24) is 4.90 Å². The van der Waals surface area contributed by atoms with Gasteiger partial charge in [-0.25, -0.2) is 0 Å². The van der Waals surface area contributed by atoms with Crippen LogP contribution in [0.2, 0.25) is 0 Å². The number of carbonyl (C=O) groups excluding carboxylic acids is 1. The van der Waals surface area contributed by atoms with Gasteiger partial charge in [0.05, 0.1) is 0 Å². The van der Waals surface area contributed by atoms with Crippen LogP contribution in [-0.4, -0.2) is 23.9 Å². The monoisotopic (exact) mass is 211 g/mol. The van der Waals surface area contributed by atoms with Crippen molar-refractivity contribution in [3.8, 4) is 0 Å². The summed E-state index contributed by atoms with van der Waals surface area (Å²) in [6.45, 7) is 10.8. The molecule has 1 aliphatic heterocycles. The topological polar surface area (TPSA) is 20.3 Å². The zero-order chi connectivity index (χ0) is 11.4. The van der Waals surface area contributed by atoms with Gasteiger partial charge in [-0.3, -0.25) is 4.79 Å². The third-order valence-corrected chi connectivity index (χ3v) is 2.99. The molecule has 0 aromatic rings. The van der Waals surface area contributed by atoms with E-state index in [9.17, 15) is 4.79 Å². The SMILES string of the molecule is CC(C)CC1CCC(=O)N(CC(C)C)C1. The van der Waals surface area contributed by atoms with Crippen LogP contribution >= 0.6 is 0 Å². The van der Waals surface area contributed by atoms with Gasteiger partial charge in [-0.15, -0.1) is 0 Å². The van der Waals surface area contributed by atoms with Crippen molar-refractivity contribution in [2.24, 2.45) is 17.8 Å². The summed E-state index contributed by atoms with van der Waals surface area (Å²) in [5, 5.41) is 0. The van der Waals surface area contributed by atoms with Crippen molar-refractivity contribution in [3.05, 3.63) is 0 Å². The van der Waals surface area contributed by atoms with E-state index >= 15 is 0 Å². The van der Waals surface area contributed by atoms with Crippen LogP contribution in [0.5, 0.6) is 0 Å². The van der Waals surface area contributed by atoms with E-state index in [0.29, 0.717) is 11.8 Å². The molecule has 0 radical (unpaired) electrons. The number of hydrogen-bond acceptors (Lipinski definition) is 1. The smallest absolute Gasteiger partial charge is 0.222 e. The minimum absolute atomic E-state index is 0.365. The highest BCUT2D eigenvalue weighted by atomic mass is 16.2. The van der Waals surface area contributed by atoms with Crippen LogP contribution in [0.3, 0.4) is 0 Å². The molecule has 2 heteroatoms. The second-order valence-electron chi connectivity index (χ2n) is 5.73. The molecule has 1 aliphatic rings. The summed E-state index contributed by atoms with van der Waals surface area (Å²) in [4.78, 5) is 13.8. The quantitative estimate of drug-likeness (QED) is 0.700. The zero-order valence-electron chi connectivity index (χ0n) is 10.6. The number of amides is 1. The van der Waals surface area contributed by atoms with Crippen molar-refractivity contribution in [2.75, 3.05) is 13.1 Å². The first-order valence-corrected chi connectivity index (χ1v) is 6.26. The van der Waals surface area contributed by atoms with E-state index in [-0.39, 0.29) is 0 Å². The van der Waals surface area contributed by atoms with Gasteiger partial charge in [-0.1, -0.05) is 27.7 Å². The van der Waals surface area contributed by atoms with Crippen LogP contribution < -0.4 is 0 Å². The highest BCUT2D eigenvalue weighted by Gasteiger charge is 2.26. The Morgan fingerprint density at radius 3 is 2.47 bits per heavy atom. The van der Waals surface area contributed by atoms with Crippen molar-refractivity contribution >= 4 is 5.91 Å². The van der Waals surface area contributed by atoms with Crippen LogP contribution in [0.4, 0.5) is 0 Å². The van der Waals surface area contributed by atoms with E-state index in [1.54, 1.807) is 0 Å². The molecule has 0 aromatic carbocycles. The summed E-state index contributed by atoms with van der Waals surface area (Å²) in [5.74, 6) is 2.45. The summed E-state index contributed by atoms with van der Waals surface area (Å²) < 4.78 is 0. The van der Waals surface area contributed by atoms with Gasteiger partial charge in [0.2, 0.25) is 5.91 Å². The number of rotatable bonds is 4.